The van der Waals surface area contributed by atoms with E-state index in [1.54, 1.807) is 29.8 Å². The Morgan fingerprint density at radius 2 is 1.90 bits per heavy atom. The number of aromatic nitrogens is 3. The molecule has 3 rings (SSSR count). The average molecular weight is 462 g/mol. The largest absolute Gasteiger partial charge is 0.492 e. The SMILES string of the molecule is Cc1cccc(-n2nnc(C(=O)NNC(=O)CCCOc3ccc(Cl)cc3Cl)c2C)c1. The van der Waals surface area contributed by atoms with E-state index in [1.807, 2.05) is 31.2 Å². The van der Waals surface area contributed by atoms with Crippen molar-refractivity contribution in [3.8, 4) is 11.4 Å². The van der Waals surface area contributed by atoms with Gasteiger partial charge in [-0.2, -0.15) is 0 Å². The number of carbonyl (C=O) groups is 2. The molecule has 0 unspecified atom stereocenters. The fraction of sp³-hybridized carbons (Fsp3) is 0.238. The molecule has 31 heavy (non-hydrogen) atoms. The monoisotopic (exact) mass is 461 g/mol. The molecule has 2 amide bonds. The van der Waals surface area contributed by atoms with E-state index in [4.69, 9.17) is 27.9 Å². The van der Waals surface area contributed by atoms with Crippen LogP contribution in [0.1, 0.15) is 34.6 Å². The molecule has 8 nitrogen and oxygen atoms in total. The molecule has 0 atom stereocenters. The summed E-state index contributed by atoms with van der Waals surface area (Å²) in [5.74, 6) is -0.413. The van der Waals surface area contributed by atoms with Crippen molar-refractivity contribution in [3.05, 3.63) is 69.5 Å². The summed E-state index contributed by atoms with van der Waals surface area (Å²) in [5.41, 5.74) is 7.28. The molecule has 0 fully saturated rings. The van der Waals surface area contributed by atoms with Crippen LogP contribution in [0.3, 0.4) is 0 Å². The third kappa shape index (κ3) is 5.96. The van der Waals surface area contributed by atoms with Crippen molar-refractivity contribution in [3.63, 3.8) is 0 Å². The van der Waals surface area contributed by atoms with Gasteiger partial charge in [0.1, 0.15) is 5.75 Å². The molecule has 0 saturated heterocycles. The lowest BCUT2D eigenvalue weighted by molar-refractivity contribution is -0.122. The molecular formula is C21H21Cl2N5O3. The van der Waals surface area contributed by atoms with Crippen LogP contribution >= 0.6 is 23.2 Å². The minimum atomic E-state index is -0.547. The van der Waals surface area contributed by atoms with Gasteiger partial charge in [0.15, 0.2) is 5.69 Å². The van der Waals surface area contributed by atoms with Gasteiger partial charge < -0.3 is 4.74 Å². The standard InChI is InChI=1S/C21H21Cl2N5O3/c1-13-5-3-6-16(11-13)28-14(2)20(25-27-28)21(30)26-24-19(29)7-4-10-31-18-9-8-15(22)12-17(18)23/h3,5-6,8-9,11-12H,4,7,10H2,1-2H3,(H,24,29)(H,26,30). The Bertz CT molecular complexity index is 1100. The van der Waals surface area contributed by atoms with Crippen LogP contribution in [-0.4, -0.2) is 33.4 Å². The van der Waals surface area contributed by atoms with Gasteiger partial charge in [-0.1, -0.05) is 40.5 Å². The summed E-state index contributed by atoms with van der Waals surface area (Å²) in [6.07, 6.45) is 0.587. The zero-order valence-electron chi connectivity index (χ0n) is 17.0. The molecule has 1 heterocycles. The molecule has 2 N–H and O–H groups in total. The first-order chi connectivity index (χ1) is 14.8. The lowest BCUT2D eigenvalue weighted by atomic mass is 10.2. The molecule has 0 radical (unpaired) electrons. The van der Waals surface area contributed by atoms with Gasteiger partial charge in [0.05, 0.1) is 23.0 Å². The molecule has 1 aromatic heterocycles. The van der Waals surface area contributed by atoms with Crippen LogP contribution in [0.4, 0.5) is 0 Å². The second-order valence-corrected chi connectivity index (χ2v) is 7.65. The molecule has 162 valence electrons. The Kier molecular flexibility index (Phi) is 7.49. The molecule has 0 aliphatic rings. The minimum Gasteiger partial charge on any atom is -0.492 e. The van der Waals surface area contributed by atoms with E-state index in [1.165, 1.54) is 0 Å². The maximum atomic E-state index is 12.4. The van der Waals surface area contributed by atoms with Crippen molar-refractivity contribution >= 4 is 35.0 Å². The van der Waals surface area contributed by atoms with E-state index in [9.17, 15) is 9.59 Å². The van der Waals surface area contributed by atoms with Gasteiger partial charge in [0.2, 0.25) is 5.91 Å². The number of amides is 2. The number of carbonyl (C=O) groups excluding carboxylic acids is 2. The first-order valence-corrected chi connectivity index (χ1v) is 10.3. The lowest BCUT2D eigenvalue weighted by Crippen LogP contribution is -2.42. The van der Waals surface area contributed by atoms with Crippen molar-refractivity contribution in [2.75, 3.05) is 6.61 Å². The summed E-state index contributed by atoms with van der Waals surface area (Å²) in [6, 6.07) is 12.6. The maximum absolute atomic E-state index is 12.4. The Balaban J connectivity index is 1.45. The van der Waals surface area contributed by atoms with Gasteiger partial charge in [-0.3, -0.25) is 20.4 Å². The predicted octanol–water partition coefficient (Wildman–Crippen LogP) is 3.81. The van der Waals surface area contributed by atoms with E-state index in [0.717, 1.165) is 11.3 Å². The fourth-order valence-corrected chi connectivity index (χ4v) is 3.26. The number of hydrazine groups is 1. The van der Waals surface area contributed by atoms with E-state index >= 15 is 0 Å². The van der Waals surface area contributed by atoms with Gasteiger partial charge in [-0.25, -0.2) is 4.68 Å². The van der Waals surface area contributed by atoms with Crippen LogP contribution in [0.15, 0.2) is 42.5 Å². The number of benzene rings is 2. The summed E-state index contributed by atoms with van der Waals surface area (Å²) >= 11 is 11.9. The van der Waals surface area contributed by atoms with E-state index in [0.29, 0.717) is 27.9 Å². The summed E-state index contributed by atoms with van der Waals surface area (Å²) < 4.78 is 7.10. The molecule has 0 aliphatic heterocycles. The van der Waals surface area contributed by atoms with E-state index in [2.05, 4.69) is 21.2 Å². The smallest absolute Gasteiger partial charge is 0.292 e. The first-order valence-electron chi connectivity index (χ1n) is 9.51. The van der Waals surface area contributed by atoms with Gasteiger partial charge in [0, 0.05) is 11.4 Å². The van der Waals surface area contributed by atoms with Crippen LogP contribution in [-0.2, 0) is 4.79 Å². The van der Waals surface area contributed by atoms with Crippen molar-refractivity contribution in [1.29, 1.82) is 0 Å². The number of rotatable bonds is 7. The second kappa shape index (κ2) is 10.3. The second-order valence-electron chi connectivity index (χ2n) is 6.80. The number of nitrogens with zero attached hydrogens (tertiary/aromatic N) is 3. The highest BCUT2D eigenvalue weighted by Crippen LogP contribution is 2.27. The normalized spacial score (nSPS) is 10.6. The molecule has 0 bridgehead atoms. The number of ether oxygens (including phenoxy) is 1. The van der Waals surface area contributed by atoms with Crippen LogP contribution in [0.25, 0.3) is 5.69 Å². The summed E-state index contributed by atoms with van der Waals surface area (Å²) in [7, 11) is 0. The van der Waals surface area contributed by atoms with Gasteiger partial charge >= 0.3 is 0 Å². The van der Waals surface area contributed by atoms with Crippen LogP contribution in [0, 0.1) is 13.8 Å². The number of aryl methyl sites for hydroxylation is 1. The van der Waals surface area contributed by atoms with Crippen LogP contribution < -0.4 is 15.6 Å². The Morgan fingerprint density at radius 3 is 2.65 bits per heavy atom. The third-order valence-corrected chi connectivity index (χ3v) is 4.90. The highest BCUT2D eigenvalue weighted by atomic mass is 35.5. The molecule has 0 saturated carbocycles. The molecule has 3 aromatic rings. The highest BCUT2D eigenvalue weighted by molar-refractivity contribution is 6.35. The summed E-state index contributed by atoms with van der Waals surface area (Å²) in [4.78, 5) is 24.4. The fourth-order valence-electron chi connectivity index (χ4n) is 2.80. The first kappa shape index (κ1) is 22.6. The molecule has 0 aliphatic carbocycles. The van der Waals surface area contributed by atoms with Crippen molar-refractivity contribution in [1.82, 2.24) is 25.8 Å². The molecule has 2 aromatic carbocycles. The van der Waals surface area contributed by atoms with E-state index < -0.39 is 5.91 Å². The number of hydrogen-bond acceptors (Lipinski definition) is 5. The van der Waals surface area contributed by atoms with Crippen molar-refractivity contribution in [2.45, 2.75) is 26.7 Å². The number of halogens is 2. The molecule has 0 spiro atoms. The van der Waals surface area contributed by atoms with Crippen LogP contribution in [0.2, 0.25) is 10.0 Å². The van der Waals surface area contributed by atoms with Gasteiger partial charge in [0.25, 0.3) is 5.91 Å². The zero-order valence-corrected chi connectivity index (χ0v) is 18.5. The maximum Gasteiger partial charge on any atom is 0.292 e. The van der Waals surface area contributed by atoms with Gasteiger partial charge in [-0.15, -0.1) is 5.10 Å². The van der Waals surface area contributed by atoms with Crippen molar-refractivity contribution < 1.29 is 14.3 Å². The van der Waals surface area contributed by atoms with Crippen molar-refractivity contribution in [2.24, 2.45) is 0 Å². The molecule has 10 heteroatoms. The number of hydrogen-bond donors (Lipinski definition) is 2. The predicted molar refractivity (Wildman–Crippen MR) is 118 cm³/mol. The average Bonchev–Trinajstić information content (AvgIpc) is 3.12. The Hall–Kier alpha value is -3.10. The Morgan fingerprint density at radius 1 is 1.10 bits per heavy atom. The quantitative estimate of drug-likeness (QED) is 0.411. The highest BCUT2D eigenvalue weighted by Gasteiger charge is 2.18. The minimum absolute atomic E-state index is 0.127. The third-order valence-electron chi connectivity index (χ3n) is 4.37. The summed E-state index contributed by atoms with van der Waals surface area (Å²) in [5, 5.41) is 8.88. The Labute approximate surface area is 189 Å². The lowest BCUT2D eigenvalue weighted by Gasteiger charge is -2.09. The topological polar surface area (TPSA) is 98.1 Å². The zero-order chi connectivity index (χ0) is 22.4. The summed E-state index contributed by atoms with van der Waals surface area (Å²) in [6.45, 7) is 3.99. The number of nitrogens with one attached hydrogen (secondary N) is 2. The van der Waals surface area contributed by atoms with E-state index in [-0.39, 0.29) is 24.6 Å². The van der Waals surface area contributed by atoms with Crippen LogP contribution in [0.5, 0.6) is 5.75 Å². The van der Waals surface area contributed by atoms with Gasteiger partial charge in [-0.05, 0) is 56.2 Å². The molecular weight excluding hydrogens is 441 g/mol.